The number of fused-ring (bicyclic) bond motifs is 1. The van der Waals surface area contributed by atoms with Gasteiger partial charge in [-0.3, -0.25) is 4.79 Å². The van der Waals surface area contributed by atoms with Crippen LogP contribution in [0.5, 0.6) is 17.2 Å². The summed E-state index contributed by atoms with van der Waals surface area (Å²) in [5.74, 6) is 0.638. The summed E-state index contributed by atoms with van der Waals surface area (Å²) in [7, 11) is 4.61. The lowest BCUT2D eigenvalue weighted by atomic mass is 10.1. The minimum Gasteiger partial charge on any atom is -0.493 e. The van der Waals surface area contributed by atoms with E-state index in [9.17, 15) is 10.1 Å². The molecule has 1 aromatic carbocycles. The second-order valence-electron chi connectivity index (χ2n) is 6.38. The Morgan fingerprint density at radius 3 is 2.47 bits per heavy atom. The Labute approximate surface area is 177 Å². The van der Waals surface area contributed by atoms with Crippen molar-refractivity contribution in [1.82, 2.24) is 4.98 Å². The molecule has 8 nitrogen and oxygen atoms in total. The predicted molar refractivity (Wildman–Crippen MR) is 114 cm³/mol. The molecule has 0 saturated carbocycles. The normalized spacial score (nSPS) is 10.5. The van der Waals surface area contributed by atoms with Crippen LogP contribution in [0.4, 0.5) is 11.4 Å². The van der Waals surface area contributed by atoms with Crippen LogP contribution in [-0.4, -0.2) is 37.4 Å². The number of carbonyl (C=O) groups is 1. The highest BCUT2D eigenvalue weighted by atomic mass is 32.1. The molecule has 0 bridgehead atoms. The lowest BCUT2D eigenvalue weighted by molar-refractivity contribution is -0.137. The zero-order valence-electron chi connectivity index (χ0n) is 16.8. The van der Waals surface area contributed by atoms with Gasteiger partial charge in [0.05, 0.1) is 32.6 Å². The number of benzene rings is 1. The third kappa shape index (κ3) is 4.39. The summed E-state index contributed by atoms with van der Waals surface area (Å²) < 4.78 is 16.2. The van der Waals surface area contributed by atoms with Crippen molar-refractivity contribution in [3.05, 3.63) is 34.8 Å². The number of anilines is 2. The summed E-state index contributed by atoms with van der Waals surface area (Å²) in [6.45, 7) is 0. The first-order chi connectivity index (χ1) is 14.5. The van der Waals surface area contributed by atoms with Gasteiger partial charge in [0.25, 0.3) is 0 Å². The minimum atomic E-state index is -0.814. The first kappa shape index (κ1) is 21.2. The highest BCUT2D eigenvalue weighted by Crippen LogP contribution is 2.42. The van der Waals surface area contributed by atoms with Crippen LogP contribution < -0.4 is 19.5 Å². The van der Waals surface area contributed by atoms with Gasteiger partial charge in [-0.25, -0.2) is 4.98 Å². The number of aryl methyl sites for hydroxylation is 1. The predicted octanol–water partition coefficient (Wildman–Crippen LogP) is 4.34. The van der Waals surface area contributed by atoms with Gasteiger partial charge in [-0.15, -0.1) is 11.3 Å². The Morgan fingerprint density at radius 1 is 1.20 bits per heavy atom. The largest absolute Gasteiger partial charge is 0.493 e. The number of ether oxygens (including phenoxy) is 3. The molecule has 0 aliphatic carbocycles. The zero-order valence-corrected chi connectivity index (χ0v) is 17.6. The number of rotatable bonds is 9. The molecule has 0 radical (unpaired) electrons. The molecule has 0 unspecified atom stereocenters. The van der Waals surface area contributed by atoms with Crippen LogP contribution in [0.3, 0.4) is 0 Å². The number of pyridine rings is 1. The van der Waals surface area contributed by atoms with Gasteiger partial charge in [0.15, 0.2) is 11.5 Å². The van der Waals surface area contributed by atoms with Gasteiger partial charge in [-0.1, -0.05) is 0 Å². The SMILES string of the molecule is COc1cc(Nc2c(C#N)cnc3sc(CCCC(=O)O)cc23)cc(OC)c1OC. The standard InChI is InChI=1S/C21H21N3O5S/c1-27-16-7-13(8-17(28-2)20(16)29-3)24-19-12(10-22)11-23-21-15(19)9-14(30-21)5-4-6-18(25)26/h7-9,11H,4-6H2,1-3H3,(H,23,24)(H,25,26). The summed E-state index contributed by atoms with van der Waals surface area (Å²) in [6.07, 6.45) is 2.82. The van der Waals surface area contributed by atoms with E-state index in [4.69, 9.17) is 19.3 Å². The molecule has 30 heavy (non-hydrogen) atoms. The third-order valence-corrected chi connectivity index (χ3v) is 5.58. The van der Waals surface area contributed by atoms with Crippen molar-refractivity contribution >= 4 is 38.9 Å². The van der Waals surface area contributed by atoms with Gasteiger partial charge < -0.3 is 24.6 Å². The van der Waals surface area contributed by atoms with Crippen molar-refractivity contribution in [3.8, 4) is 23.3 Å². The molecular formula is C21H21N3O5S. The summed E-state index contributed by atoms with van der Waals surface area (Å²) in [5.41, 5.74) is 1.68. The number of hydrogen-bond donors (Lipinski definition) is 2. The van der Waals surface area contributed by atoms with Gasteiger partial charge >= 0.3 is 5.97 Å². The second-order valence-corrected chi connectivity index (χ2v) is 7.49. The van der Waals surface area contributed by atoms with Crippen LogP contribution in [0.25, 0.3) is 10.2 Å². The number of aromatic nitrogens is 1. The molecule has 0 atom stereocenters. The number of carboxylic acid groups (broad SMARTS) is 1. The van der Waals surface area contributed by atoms with E-state index in [2.05, 4.69) is 16.4 Å². The number of nitrogens with zero attached hydrogens (tertiary/aromatic N) is 2. The van der Waals surface area contributed by atoms with E-state index in [1.54, 1.807) is 12.1 Å². The third-order valence-electron chi connectivity index (χ3n) is 4.48. The Bertz CT molecular complexity index is 1090. The molecule has 3 rings (SSSR count). The fraction of sp³-hybridized carbons (Fsp3) is 0.286. The molecule has 3 aromatic rings. The highest BCUT2D eigenvalue weighted by Gasteiger charge is 2.17. The molecule has 2 aromatic heterocycles. The Kier molecular flexibility index (Phi) is 6.59. The number of nitrogens with one attached hydrogen (secondary N) is 1. The van der Waals surface area contributed by atoms with Crippen molar-refractivity contribution < 1.29 is 24.1 Å². The van der Waals surface area contributed by atoms with Crippen LogP contribution >= 0.6 is 11.3 Å². The molecule has 2 heterocycles. The molecule has 0 spiro atoms. The number of carboxylic acids is 1. The lowest BCUT2D eigenvalue weighted by Crippen LogP contribution is -1.99. The van der Waals surface area contributed by atoms with E-state index in [0.29, 0.717) is 47.0 Å². The minimum absolute atomic E-state index is 0.113. The topological polar surface area (TPSA) is 114 Å². The van der Waals surface area contributed by atoms with E-state index in [1.165, 1.54) is 38.9 Å². The van der Waals surface area contributed by atoms with Crippen molar-refractivity contribution in [1.29, 1.82) is 5.26 Å². The summed E-state index contributed by atoms with van der Waals surface area (Å²) in [5, 5.41) is 22.5. The van der Waals surface area contributed by atoms with E-state index < -0.39 is 5.97 Å². The number of thiophene rings is 1. The number of nitriles is 1. The molecule has 0 aliphatic rings. The molecule has 9 heteroatoms. The fourth-order valence-corrected chi connectivity index (χ4v) is 4.14. The smallest absolute Gasteiger partial charge is 0.303 e. The summed E-state index contributed by atoms with van der Waals surface area (Å²) in [4.78, 5) is 16.9. The van der Waals surface area contributed by atoms with Crippen LogP contribution in [0, 0.1) is 11.3 Å². The van der Waals surface area contributed by atoms with E-state index in [-0.39, 0.29) is 6.42 Å². The summed E-state index contributed by atoms with van der Waals surface area (Å²) >= 11 is 1.49. The first-order valence-corrected chi connectivity index (χ1v) is 9.92. The van der Waals surface area contributed by atoms with Gasteiger partial charge in [-0.2, -0.15) is 5.26 Å². The van der Waals surface area contributed by atoms with Gasteiger partial charge in [0.2, 0.25) is 5.75 Å². The quantitative estimate of drug-likeness (QED) is 0.518. The van der Waals surface area contributed by atoms with E-state index in [0.717, 1.165) is 15.1 Å². The Balaban J connectivity index is 2.01. The molecule has 0 saturated heterocycles. The van der Waals surface area contributed by atoms with Gasteiger partial charge in [0, 0.05) is 40.7 Å². The van der Waals surface area contributed by atoms with Crippen molar-refractivity contribution in [2.75, 3.05) is 26.6 Å². The maximum Gasteiger partial charge on any atom is 0.303 e. The van der Waals surface area contributed by atoms with Crippen LogP contribution in [0.2, 0.25) is 0 Å². The van der Waals surface area contributed by atoms with Crippen molar-refractivity contribution in [3.63, 3.8) is 0 Å². The number of aliphatic carboxylic acids is 1. The second kappa shape index (κ2) is 9.33. The molecule has 0 fully saturated rings. The highest BCUT2D eigenvalue weighted by molar-refractivity contribution is 7.18. The maximum absolute atomic E-state index is 10.8. The average molecular weight is 427 g/mol. The molecular weight excluding hydrogens is 406 g/mol. The Morgan fingerprint density at radius 2 is 1.90 bits per heavy atom. The van der Waals surface area contributed by atoms with E-state index >= 15 is 0 Å². The zero-order chi connectivity index (χ0) is 21.7. The first-order valence-electron chi connectivity index (χ1n) is 9.11. The Hall–Kier alpha value is -3.51. The van der Waals surface area contributed by atoms with Crippen LogP contribution in [0.1, 0.15) is 23.3 Å². The van der Waals surface area contributed by atoms with E-state index in [1.807, 2.05) is 6.07 Å². The molecule has 0 amide bonds. The fourth-order valence-electron chi connectivity index (χ4n) is 3.09. The molecule has 156 valence electrons. The monoisotopic (exact) mass is 427 g/mol. The average Bonchev–Trinajstić information content (AvgIpc) is 3.16. The number of hydrogen-bond acceptors (Lipinski definition) is 8. The number of methoxy groups -OCH3 is 3. The van der Waals surface area contributed by atoms with Gasteiger partial charge in [-0.05, 0) is 18.9 Å². The summed E-state index contributed by atoms with van der Waals surface area (Å²) in [6, 6.07) is 7.64. The molecule has 0 aliphatic heterocycles. The van der Waals surface area contributed by atoms with Crippen molar-refractivity contribution in [2.24, 2.45) is 0 Å². The maximum atomic E-state index is 10.8. The lowest BCUT2D eigenvalue weighted by Gasteiger charge is -2.16. The van der Waals surface area contributed by atoms with Crippen LogP contribution in [-0.2, 0) is 11.2 Å². The van der Waals surface area contributed by atoms with Crippen molar-refractivity contribution in [2.45, 2.75) is 19.3 Å². The molecule has 2 N–H and O–H groups in total. The van der Waals surface area contributed by atoms with Crippen LogP contribution in [0.15, 0.2) is 24.4 Å². The van der Waals surface area contributed by atoms with Gasteiger partial charge in [0.1, 0.15) is 10.9 Å².